The van der Waals surface area contributed by atoms with Gasteiger partial charge in [0, 0.05) is 12.1 Å². The summed E-state index contributed by atoms with van der Waals surface area (Å²) in [5.41, 5.74) is 0.412. The van der Waals surface area contributed by atoms with E-state index in [9.17, 15) is 45.6 Å². The van der Waals surface area contributed by atoms with E-state index in [1.165, 1.54) is 32.2 Å². The Labute approximate surface area is 245 Å². The minimum absolute atomic E-state index is 0.0483. The van der Waals surface area contributed by atoms with Crippen molar-refractivity contribution < 1.29 is 74.1 Å². The zero-order valence-electron chi connectivity index (χ0n) is 23.1. The third kappa shape index (κ3) is 5.95. The van der Waals surface area contributed by atoms with Crippen molar-refractivity contribution in [3.05, 3.63) is 41.5 Å². The van der Waals surface area contributed by atoms with Crippen molar-refractivity contribution in [3.63, 3.8) is 0 Å². The Morgan fingerprint density at radius 3 is 2.33 bits per heavy atom. The highest BCUT2D eigenvalue weighted by molar-refractivity contribution is 6.02. The largest absolute Gasteiger partial charge is 0.507 e. The topological polar surface area (TPSA) is 234 Å². The van der Waals surface area contributed by atoms with Crippen LogP contribution in [0.15, 0.2) is 30.3 Å². The lowest BCUT2D eigenvalue weighted by molar-refractivity contribution is -0.354. The number of carbonyl (C=O) groups excluding carboxylic acids is 1. The van der Waals surface area contributed by atoms with E-state index in [1.807, 2.05) is 0 Å². The highest BCUT2D eigenvalue weighted by atomic mass is 16.8. The quantitative estimate of drug-likeness (QED) is 0.185. The standard InChI is InChI=1S/C28H34O15/c1-10-21(33)23(35)25(37)27(39-10)43-26-24(36)22(34)19(9-29)42-28(26)40-12-6-14(31)20-15(32)8-16(41-18(20)7-12)11-3-4-13(30)17(5-11)38-2/h3-7,10,16,19,21-31,33-37H,8-9H2,1-2H3/t10-,16?,19+,21-,22+,23+,24-,25+,26+,27-,28+/m0/s1. The number of ketones is 1. The van der Waals surface area contributed by atoms with E-state index in [0.29, 0.717) is 5.56 Å². The van der Waals surface area contributed by atoms with E-state index in [2.05, 4.69) is 0 Å². The van der Waals surface area contributed by atoms with E-state index in [0.717, 1.165) is 6.07 Å². The Kier molecular flexibility index (Phi) is 8.99. The van der Waals surface area contributed by atoms with Gasteiger partial charge in [-0.3, -0.25) is 4.79 Å². The van der Waals surface area contributed by atoms with Crippen molar-refractivity contribution in [1.82, 2.24) is 0 Å². The fraction of sp³-hybridized carbons (Fsp3) is 0.536. The van der Waals surface area contributed by atoms with Crippen LogP contribution in [0.4, 0.5) is 0 Å². The molecule has 0 saturated carbocycles. The maximum Gasteiger partial charge on any atom is 0.229 e. The fourth-order valence-corrected chi connectivity index (χ4v) is 5.27. The number of phenols is 2. The van der Waals surface area contributed by atoms with Gasteiger partial charge in [0.2, 0.25) is 6.29 Å². The van der Waals surface area contributed by atoms with Gasteiger partial charge in [-0.2, -0.15) is 0 Å². The predicted molar refractivity (Wildman–Crippen MR) is 141 cm³/mol. The number of aliphatic hydroxyl groups excluding tert-OH is 6. The van der Waals surface area contributed by atoms with E-state index in [1.54, 1.807) is 6.07 Å². The summed E-state index contributed by atoms with van der Waals surface area (Å²) >= 11 is 0. The molecule has 0 bridgehead atoms. The van der Waals surface area contributed by atoms with Crippen LogP contribution in [0.3, 0.4) is 0 Å². The molecule has 5 rings (SSSR count). The molecular weight excluding hydrogens is 576 g/mol. The molecule has 15 nitrogen and oxygen atoms in total. The molecule has 3 aliphatic rings. The van der Waals surface area contributed by atoms with Crippen LogP contribution in [0.25, 0.3) is 0 Å². The number of aromatic hydroxyl groups is 2. The minimum atomic E-state index is -1.76. The molecule has 15 heteroatoms. The van der Waals surface area contributed by atoms with E-state index in [-0.39, 0.29) is 35.0 Å². The molecule has 8 N–H and O–H groups in total. The summed E-state index contributed by atoms with van der Waals surface area (Å²) in [7, 11) is 1.37. The second-order valence-corrected chi connectivity index (χ2v) is 10.6. The predicted octanol–water partition coefficient (Wildman–Crippen LogP) is -1.16. The SMILES string of the molecule is COc1cc(C2CC(=O)c3c(O)cc(O[C@@H]4O[C@H](CO)[C@@H](O)[C@H](O)[C@H]4O[C@@H]4O[C@@H](C)[C@H](O)[C@@H](O)[C@H]4O)cc3O2)ccc1O. The molecule has 0 amide bonds. The Bertz CT molecular complexity index is 1320. The summed E-state index contributed by atoms with van der Waals surface area (Å²) in [6.45, 7) is 0.702. The second kappa shape index (κ2) is 12.4. The number of carbonyl (C=O) groups is 1. The summed E-state index contributed by atoms with van der Waals surface area (Å²) in [6, 6.07) is 6.84. The van der Waals surface area contributed by atoms with E-state index in [4.69, 9.17) is 28.4 Å². The average molecular weight is 611 g/mol. The maximum absolute atomic E-state index is 13.0. The van der Waals surface area contributed by atoms with Gasteiger partial charge in [0.15, 0.2) is 29.7 Å². The fourth-order valence-electron chi connectivity index (χ4n) is 5.27. The summed E-state index contributed by atoms with van der Waals surface area (Å²) in [5.74, 6) is -1.03. The van der Waals surface area contributed by atoms with Crippen molar-refractivity contribution in [2.45, 2.75) is 80.9 Å². The molecule has 3 heterocycles. The van der Waals surface area contributed by atoms with Gasteiger partial charge in [-0.05, 0) is 24.6 Å². The number of benzene rings is 2. The van der Waals surface area contributed by atoms with Crippen LogP contribution in [0.2, 0.25) is 0 Å². The maximum atomic E-state index is 13.0. The molecule has 0 aromatic heterocycles. The zero-order valence-corrected chi connectivity index (χ0v) is 23.1. The van der Waals surface area contributed by atoms with Gasteiger partial charge in [-0.15, -0.1) is 0 Å². The smallest absolute Gasteiger partial charge is 0.229 e. The van der Waals surface area contributed by atoms with Crippen LogP contribution < -0.4 is 14.2 Å². The van der Waals surface area contributed by atoms with Gasteiger partial charge >= 0.3 is 0 Å². The number of fused-ring (bicyclic) bond motifs is 1. The number of methoxy groups -OCH3 is 1. The normalized spacial score (nSPS) is 36.0. The monoisotopic (exact) mass is 610 g/mol. The molecule has 3 aliphatic heterocycles. The number of ether oxygens (including phenoxy) is 6. The van der Waals surface area contributed by atoms with Crippen molar-refractivity contribution >= 4 is 5.78 Å². The molecular formula is C28H34O15. The highest BCUT2D eigenvalue weighted by Crippen LogP contribution is 2.43. The van der Waals surface area contributed by atoms with Gasteiger partial charge in [-0.1, -0.05) is 6.07 Å². The first kappa shape index (κ1) is 31.2. The molecule has 2 aromatic rings. The Hall–Kier alpha value is -3.25. The summed E-state index contributed by atoms with van der Waals surface area (Å²) < 4.78 is 33.8. The van der Waals surface area contributed by atoms with Gasteiger partial charge in [0.1, 0.15) is 65.5 Å². The second-order valence-electron chi connectivity index (χ2n) is 10.6. The van der Waals surface area contributed by atoms with Crippen LogP contribution >= 0.6 is 0 Å². The average Bonchev–Trinajstić information content (AvgIpc) is 2.97. The van der Waals surface area contributed by atoms with Crippen molar-refractivity contribution in [1.29, 1.82) is 0 Å². The first-order chi connectivity index (χ1) is 20.4. The first-order valence-corrected chi connectivity index (χ1v) is 13.5. The molecule has 11 atom stereocenters. The number of rotatable bonds is 7. The third-order valence-corrected chi connectivity index (χ3v) is 7.73. The van der Waals surface area contributed by atoms with Crippen LogP contribution in [-0.2, 0) is 14.2 Å². The Morgan fingerprint density at radius 2 is 1.63 bits per heavy atom. The van der Waals surface area contributed by atoms with E-state index < -0.39 is 85.7 Å². The zero-order chi connectivity index (χ0) is 31.2. The summed E-state index contributed by atoms with van der Waals surface area (Å²) in [4.78, 5) is 13.0. The molecule has 43 heavy (non-hydrogen) atoms. The highest BCUT2D eigenvalue weighted by Gasteiger charge is 2.51. The van der Waals surface area contributed by atoms with Crippen LogP contribution in [0.1, 0.15) is 35.4 Å². The van der Waals surface area contributed by atoms with Crippen LogP contribution in [0.5, 0.6) is 28.7 Å². The number of hydrogen-bond donors (Lipinski definition) is 8. The van der Waals surface area contributed by atoms with Gasteiger partial charge < -0.3 is 69.3 Å². The van der Waals surface area contributed by atoms with Crippen LogP contribution in [-0.4, -0.2) is 122 Å². The lowest BCUT2D eigenvalue weighted by Crippen LogP contribution is -2.64. The van der Waals surface area contributed by atoms with E-state index >= 15 is 0 Å². The van der Waals surface area contributed by atoms with Gasteiger partial charge in [0.05, 0.1) is 26.2 Å². The first-order valence-electron chi connectivity index (χ1n) is 13.5. The Balaban J connectivity index is 1.42. The number of Topliss-reactive ketones (excluding diaryl/α,β-unsaturated/α-hetero) is 1. The lowest BCUT2D eigenvalue weighted by Gasteiger charge is -2.45. The van der Waals surface area contributed by atoms with Gasteiger partial charge in [0.25, 0.3) is 0 Å². The Morgan fingerprint density at radius 1 is 0.884 bits per heavy atom. The number of aliphatic hydroxyl groups is 6. The summed E-state index contributed by atoms with van der Waals surface area (Å²) in [5, 5.41) is 82.2. The molecule has 1 unspecified atom stereocenters. The third-order valence-electron chi connectivity index (χ3n) is 7.73. The summed E-state index contributed by atoms with van der Waals surface area (Å²) in [6.07, 6.45) is -16.3. The molecule has 0 radical (unpaired) electrons. The van der Waals surface area contributed by atoms with Gasteiger partial charge in [-0.25, -0.2) is 0 Å². The molecule has 2 aromatic carbocycles. The molecule has 0 spiro atoms. The molecule has 236 valence electrons. The molecule has 2 saturated heterocycles. The number of phenolic OH excluding ortho intramolecular Hbond substituents is 2. The van der Waals surface area contributed by atoms with Crippen molar-refractivity contribution in [2.24, 2.45) is 0 Å². The minimum Gasteiger partial charge on any atom is -0.507 e. The molecule has 2 fully saturated rings. The van der Waals surface area contributed by atoms with Crippen molar-refractivity contribution in [2.75, 3.05) is 13.7 Å². The number of hydrogen-bond acceptors (Lipinski definition) is 15. The van der Waals surface area contributed by atoms with Crippen molar-refractivity contribution in [3.8, 4) is 28.7 Å². The lowest BCUT2D eigenvalue weighted by atomic mass is 9.95. The molecule has 0 aliphatic carbocycles. The van der Waals surface area contributed by atoms with Crippen LogP contribution in [0, 0.1) is 0 Å².